The first-order chi connectivity index (χ1) is 13.3. The van der Waals surface area contributed by atoms with Crippen molar-refractivity contribution in [2.24, 2.45) is 5.10 Å². The van der Waals surface area contributed by atoms with Crippen molar-refractivity contribution in [3.05, 3.63) is 53.8 Å². The highest BCUT2D eigenvalue weighted by atomic mass is 32.2. The van der Waals surface area contributed by atoms with E-state index in [1.54, 1.807) is 18.2 Å². The topological polar surface area (TPSA) is 97.3 Å². The van der Waals surface area contributed by atoms with Crippen LogP contribution in [0.1, 0.15) is 5.56 Å². The summed E-state index contributed by atoms with van der Waals surface area (Å²) >= 11 is 0. The van der Waals surface area contributed by atoms with Crippen LogP contribution in [0.15, 0.2) is 47.6 Å². The maximum atomic E-state index is 13.9. The fourth-order valence-corrected chi connectivity index (χ4v) is 3.17. The highest BCUT2D eigenvalue weighted by molar-refractivity contribution is 7.92. The first kappa shape index (κ1) is 21.2. The summed E-state index contributed by atoms with van der Waals surface area (Å²) in [7, 11) is -0.881. The number of rotatable bonds is 8. The van der Waals surface area contributed by atoms with Crippen molar-refractivity contribution in [2.75, 3.05) is 31.3 Å². The van der Waals surface area contributed by atoms with E-state index in [9.17, 15) is 17.6 Å². The van der Waals surface area contributed by atoms with Crippen molar-refractivity contribution >= 4 is 27.8 Å². The van der Waals surface area contributed by atoms with E-state index in [0.29, 0.717) is 21.4 Å². The van der Waals surface area contributed by atoms with Gasteiger partial charge >= 0.3 is 0 Å². The number of methoxy groups -OCH3 is 2. The summed E-state index contributed by atoms with van der Waals surface area (Å²) in [6.07, 6.45) is 2.24. The van der Waals surface area contributed by atoms with Crippen LogP contribution in [0.4, 0.5) is 10.1 Å². The third-order valence-electron chi connectivity index (χ3n) is 3.62. The summed E-state index contributed by atoms with van der Waals surface area (Å²) in [5.41, 5.74) is 2.62. The van der Waals surface area contributed by atoms with Gasteiger partial charge in [-0.1, -0.05) is 12.1 Å². The summed E-state index contributed by atoms with van der Waals surface area (Å²) in [5.74, 6) is -0.460. The second kappa shape index (κ2) is 9.18. The molecular formula is C18H20FN3O5S. The quantitative estimate of drug-likeness (QED) is 0.529. The average Bonchev–Trinajstić information content (AvgIpc) is 2.65. The van der Waals surface area contributed by atoms with Crippen LogP contribution in [-0.4, -0.2) is 47.6 Å². The molecule has 28 heavy (non-hydrogen) atoms. The Morgan fingerprint density at radius 2 is 1.86 bits per heavy atom. The van der Waals surface area contributed by atoms with Gasteiger partial charge in [0.25, 0.3) is 5.91 Å². The third-order valence-corrected chi connectivity index (χ3v) is 4.75. The maximum absolute atomic E-state index is 13.9. The van der Waals surface area contributed by atoms with Gasteiger partial charge in [0.1, 0.15) is 12.4 Å². The number of nitrogens with zero attached hydrogens (tertiary/aromatic N) is 2. The number of amides is 1. The predicted molar refractivity (Wildman–Crippen MR) is 104 cm³/mol. The largest absolute Gasteiger partial charge is 0.493 e. The monoisotopic (exact) mass is 409 g/mol. The van der Waals surface area contributed by atoms with Gasteiger partial charge in [-0.3, -0.25) is 9.10 Å². The molecule has 0 spiro atoms. The summed E-state index contributed by atoms with van der Waals surface area (Å²) in [5, 5.41) is 3.79. The van der Waals surface area contributed by atoms with Crippen molar-refractivity contribution in [1.29, 1.82) is 0 Å². The molecule has 0 aromatic heterocycles. The molecule has 1 amide bonds. The molecule has 0 unspecified atom stereocenters. The molecule has 0 aliphatic heterocycles. The number of ether oxygens (including phenoxy) is 2. The van der Waals surface area contributed by atoms with Crippen molar-refractivity contribution in [3.8, 4) is 11.5 Å². The van der Waals surface area contributed by atoms with E-state index in [-0.39, 0.29) is 5.69 Å². The second-order valence-electron chi connectivity index (χ2n) is 5.63. The number of nitrogens with one attached hydrogen (secondary N) is 1. The zero-order valence-corrected chi connectivity index (χ0v) is 16.4. The highest BCUT2D eigenvalue weighted by Gasteiger charge is 2.23. The van der Waals surface area contributed by atoms with Gasteiger partial charge in [-0.15, -0.1) is 0 Å². The number of halogens is 1. The molecule has 0 radical (unpaired) electrons. The normalized spacial score (nSPS) is 11.3. The lowest BCUT2D eigenvalue weighted by Gasteiger charge is -2.21. The van der Waals surface area contributed by atoms with Crippen LogP contribution in [0.5, 0.6) is 11.5 Å². The summed E-state index contributed by atoms with van der Waals surface area (Å²) in [4.78, 5) is 12.1. The lowest BCUT2D eigenvalue weighted by Crippen LogP contribution is -2.39. The Bertz CT molecular complexity index is 979. The molecule has 0 bridgehead atoms. The molecule has 0 heterocycles. The van der Waals surface area contributed by atoms with Crippen LogP contribution in [0, 0.1) is 5.82 Å². The maximum Gasteiger partial charge on any atom is 0.260 e. The number of hydrazone groups is 1. The number of hydrogen-bond donors (Lipinski definition) is 1. The van der Waals surface area contributed by atoms with Gasteiger partial charge in [0.15, 0.2) is 11.5 Å². The molecule has 150 valence electrons. The van der Waals surface area contributed by atoms with Crippen LogP contribution in [0.25, 0.3) is 0 Å². The van der Waals surface area contributed by atoms with Crippen LogP contribution in [0.2, 0.25) is 0 Å². The van der Waals surface area contributed by atoms with Crippen LogP contribution >= 0.6 is 0 Å². The number of carbonyl (C=O) groups excluding carboxylic acids is 1. The number of benzene rings is 2. The minimum atomic E-state index is -3.88. The van der Waals surface area contributed by atoms with E-state index in [4.69, 9.17) is 9.47 Å². The molecule has 0 atom stereocenters. The Balaban J connectivity index is 2.10. The number of para-hydroxylation sites is 1. The number of carbonyl (C=O) groups is 1. The smallest absolute Gasteiger partial charge is 0.260 e. The molecule has 2 aromatic rings. The van der Waals surface area contributed by atoms with Crippen molar-refractivity contribution in [2.45, 2.75) is 0 Å². The standard InChI is InChI=1S/C18H20FN3O5S/c1-26-16-9-8-13(10-17(16)27-2)11-20-21-18(23)12-22(28(3,24)25)15-7-5-4-6-14(15)19/h4-11H,12H2,1-3H3,(H,21,23)/b20-11-. The molecule has 0 aliphatic carbocycles. The zero-order chi connectivity index (χ0) is 20.7. The fraction of sp³-hybridized carbons (Fsp3) is 0.222. The van der Waals surface area contributed by atoms with E-state index in [1.807, 2.05) is 0 Å². The Morgan fingerprint density at radius 3 is 2.46 bits per heavy atom. The first-order valence-electron chi connectivity index (χ1n) is 8.02. The van der Waals surface area contributed by atoms with Crippen molar-refractivity contribution in [3.63, 3.8) is 0 Å². The molecule has 0 aliphatic rings. The summed E-state index contributed by atoms with van der Waals surface area (Å²) in [6.45, 7) is -0.622. The first-order valence-corrected chi connectivity index (χ1v) is 9.87. The van der Waals surface area contributed by atoms with Gasteiger partial charge in [-0.2, -0.15) is 5.10 Å². The third kappa shape index (κ3) is 5.43. The second-order valence-corrected chi connectivity index (χ2v) is 7.54. The van der Waals surface area contributed by atoms with Crippen LogP contribution in [-0.2, 0) is 14.8 Å². The average molecular weight is 409 g/mol. The minimum Gasteiger partial charge on any atom is -0.493 e. The van der Waals surface area contributed by atoms with Crippen LogP contribution < -0.4 is 19.2 Å². The van der Waals surface area contributed by atoms with Gasteiger partial charge in [0, 0.05) is 0 Å². The van der Waals surface area contributed by atoms with Gasteiger partial charge in [-0.05, 0) is 35.9 Å². The molecule has 2 rings (SSSR count). The van der Waals surface area contributed by atoms with E-state index >= 15 is 0 Å². The molecule has 0 saturated heterocycles. The van der Waals surface area contributed by atoms with Gasteiger partial charge < -0.3 is 9.47 Å². The highest BCUT2D eigenvalue weighted by Crippen LogP contribution is 2.26. The SMILES string of the molecule is COc1ccc(/C=N\NC(=O)CN(c2ccccc2F)S(C)(=O)=O)cc1OC. The van der Waals surface area contributed by atoms with Crippen molar-refractivity contribution in [1.82, 2.24) is 5.43 Å². The van der Waals surface area contributed by atoms with Crippen molar-refractivity contribution < 1.29 is 27.1 Å². The molecule has 1 N–H and O–H groups in total. The predicted octanol–water partition coefficient (Wildman–Crippen LogP) is 1.76. The fourth-order valence-electron chi connectivity index (χ4n) is 2.31. The molecule has 2 aromatic carbocycles. The Kier molecular flexibility index (Phi) is 6.94. The van der Waals surface area contributed by atoms with E-state index in [0.717, 1.165) is 12.3 Å². The summed E-state index contributed by atoms with van der Waals surface area (Å²) in [6, 6.07) is 10.3. The molecule has 0 saturated carbocycles. The molecule has 8 nitrogen and oxygen atoms in total. The molecular weight excluding hydrogens is 389 g/mol. The molecule has 0 fully saturated rings. The Morgan fingerprint density at radius 1 is 1.18 bits per heavy atom. The summed E-state index contributed by atoms with van der Waals surface area (Å²) < 4.78 is 48.8. The number of hydrogen-bond acceptors (Lipinski definition) is 6. The Hall–Kier alpha value is -3.14. The van der Waals surface area contributed by atoms with Gasteiger partial charge in [0.2, 0.25) is 10.0 Å². The van der Waals surface area contributed by atoms with Gasteiger partial charge in [-0.25, -0.2) is 18.2 Å². The lowest BCUT2D eigenvalue weighted by atomic mass is 10.2. The zero-order valence-electron chi connectivity index (χ0n) is 15.5. The lowest BCUT2D eigenvalue weighted by molar-refractivity contribution is -0.119. The van der Waals surface area contributed by atoms with E-state index < -0.39 is 28.3 Å². The number of anilines is 1. The minimum absolute atomic E-state index is 0.218. The molecule has 10 heteroatoms. The number of sulfonamides is 1. The van der Waals surface area contributed by atoms with E-state index in [2.05, 4.69) is 10.5 Å². The van der Waals surface area contributed by atoms with Gasteiger partial charge in [0.05, 0.1) is 32.4 Å². The Labute approximate surface area is 162 Å². The van der Waals surface area contributed by atoms with E-state index in [1.165, 1.54) is 38.6 Å². The van der Waals surface area contributed by atoms with Crippen LogP contribution in [0.3, 0.4) is 0 Å².